The van der Waals surface area contributed by atoms with Crippen LogP contribution in [0.5, 0.6) is 0 Å². The topological polar surface area (TPSA) is 87.5 Å². The molecule has 0 unspecified atom stereocenters. The maximum absolute atomic E-state index is 12.7. The number of carboxylic acid groups (broad SMARTS) is 1. The molecular weight excluding hydrogens is 356 g/mol. The number of aliphatic carboxylic acids is 1. The molecule has 1 aromatic carbocycles. The Kier molecular flexibility index (Phi) is 5.17. The van der Waals surface area contributed by atoms with Crippen molar-refractivity contribution >= 4 is 11.9 Å². The van der Waals surface area contributed by atoms with E-state index in [2.05, 4.69) is 15.3 Å². The number of rotatable bonds is 8. The molecule has 2 saturated carbocycles. The minimum absolute atomic E-state index is 0.0780. The van der Waals surface area contributed by atoms with Crippen LogP contribution in [0.3, 0.4) is 0 Å². The Bertz CT molecular complexity index is 854. The largest absolute Gasteiger partial charge is 0.480 e. The Morgan fingerprint density at radius 1 is 1.25 bits per heavy atom. The first-order chi connectivity index (χ1) is 13.5. The summed E-state index contributed by atoms with van der Waals surface area (Å²) >= 11 is 0. The smallest absolute Gasteiger partial charge is 0.317 e. The van der Waals surface area contributed by atoms with Crippen molar-refractivity contribution in [1.82, 2.24) is 20.0 Å². The molecule has 0 saturated heterocycles. The van der Waals surface area contributed by atoms with E-state index in [4.69, 9.17) is 5.11 Å². The van der Waals surface area contributed by atoms with Crippen LogP contribution in [0.15, 0.2) is 36.5 Å². The molecule has 2 aliphatic carbocycles. The van der Waals surface area contributed by atoms with Gasteiger partial charge in [0.2, 0.25) is 0 Å². The summed E-state index contributed by atoms with van der Waals surface area (Å²) in [6.45, 7) is 2.83. The third-order valence-corrected chi connectivity index (χ3v) is 5.63. The normalized spacial score (nSPS) is 21.4. The van der Waals surface area contributed by atoms with Gasteiger partial charge in [-0.1, -0.05) is 18.2 Å². The maximum Gasteiger partial charge on any atom is 0.317 e. The summed E-state index contributed by atoms with van der Waals surface area (Å²) in [5.74, 6) is -0.296. The maximum atomic E-state index is 12.7. The van der Waals surface area contributed by atoms with Crippen molar-refractivity contribution in [2.45, 2.75) is 44.7 Å². The van der Waals surface area contributed by atoms with Gasteiger partial charge in [-0.25, -0.2) is 4.68 Å². The fourth-order valence-corrected chi connectivity index (χ4v) is 3.80. The molecule has 1 amide bonds. The Labute approximate surface area is 164 Å². The van der Waals surface area contributed by atoms with E-state index >= 15 is 0 Å². The molecule has 4 rings (SSSR count). The van der Waals surface area contributed by atoms with E-state index in [9.17, 15) is 9.59 Å². The molecule has 2 aliphatic rings. The summed E-state index contributed by atoms with van der Waals surface area (Å²) in [5.41, 5.74) is 2.18. The summed E-state index contributed by atoms with van der Waals surface area (Å²) in [6, 6.07) is 10.0. The zero-order valence-corrected chi connectivity index (χ0v) is 16.0. The van der Waals surface area contributed by atoms with Gasteiger partial charge >= 0.3 is 5.97 Å². The first-order valence-corrected chi connectivity index (χ1v) is 9.88. The molecule has 148 valence electrons. The van der Waals surface area contributed by atoms with Crippen LogP contribution in [0.25, 0.3) is 5.69 Å². The van der Waals surface area contributed by atoms with Gasteiger partial charge in [-0.2, -0.15) is 5.10 Å². The Morgan fingerprint density at radius 3 is 2.61 bits per heavy atom. The van der Waals surface area contributed by atoms with Gasteiger partial charge in [0.1, 0.15) is 0 Å². The van der Waals surface area contributed by atoms with Crippen molar-refractivity contribution in [1.29, 1.82) is 0 Å². The number of para-hydroxylation sites is 1. The SMILES string of the molecule is Cc1cn(-c2ccccc2)nc1C(=O)NC1CC(N(CC(=O)O)CC2CC2)C1. The van der Waals surface area contributed by atoms with Crippen molar-refractivity contribution in [2.24, 2.45) is 5.92 Å². The average Bonchev–Trinajstić information content (AvgIpc) is 3.36. The van der Waals surface area contributed by atoms with Crippen molar-refractivity contribution in [3.8, 4) is 5.69 Å². The number of benzene rings is 1. The fourth-order valence-electron chi connectivity index (χ4n) is 3.80. The van der Waals surface area contributed by atoms with Crippen LogP contribution < -0.4 is 5.32 Å². The first-order valence-electron chi connectivity index (χ1n) is 9.88. The Balaban J connectivity index is 1.34. The molecule has 1 aromatic heterocycles. The minimum atomic E-state index is -0.782. The molecule has 1 heterocycles. The molecule has 2 aromatic rings. The van der Waals surface area contributed by atoms with Gasteiger partial charge in [0, 0.05) is 30.4 Å². The highest BCUT2D eigenvalue weighted by Crippen LogP contribution is 2.33. The summed E-state index contributed by atoms with van der Waals surface area (Å²) in [4.78, 5) is 25.9. The molecule has 0 spiro atoms. The fraction of sp³-hybridized carbons (Fsp3) is 0.476. The lowest BCUT2D eigenvalue weighted by Crippen LogP contribution is -2.55. The highest BCUT2D eigenvalue weighted by atomic mass is 16.4. The van der Waals surface area contributed by atoms with Crippen LogP contribution >= 0.6 is 0 Å². The zero-order valence-electron chi connectivity index (χ0n) is 16.0. The molecule has 0 aliphatic heterocycles. The van der Waals surface area contributed by atoms with E-state index < -0.39 is 5.97 Å². The first kappa shape index (κ1) is 18.7. The van der Waals surface area contributed by atoms with E-state index in [1.165, 1.54) is 12.8 Å². The number of nitrogens with one attached hydrogen (secondary N) is 1. The second-order valence-corrected chi connectivity index (χ2v) is 8.00. The number of amides is 1. The number of aryl methyl sites for hydroxylation is 1. The van der Waals surface area contributed by atoms with E-state index in [0.29, 0.717) is 11.6 Å². The molecule has 28 heavy (non-hydrogen) atoms. The van der Waals surface area contributed by atoms with Crippen molar-refractivity contribution in [3.63, 3.8) is 0 Å². The lowest BCUT2D eigenvalue weighted by Gasteiger charge is -2.42. The molecule has 2 N–H and O–H groups in total. The Hall–Kier alpha value is -2.67. The van der Waals surface area contributed by atoms with Gasteiger partial charge in [-0.15, -0.1) is 0 Å². The third kappa shape index (κ3) is 4.25. The van der Waals surface area contributed by atoms with Crippen LogP contribution in [0.2, 0.25) is 0 Å². The second-order valence-electron chi connectivity index (χ2n) is 8.00. The van der Waals surface area contributed by atoms with Gasteiger partial charge in [0.15, 0.2) is 5.69 Å². The molecule has 7 heteroatoms. The number of carboxylic acids is 1. The molecular formula is C21H26N4O3. The monoisotopic (exact) mass is 382 g/mol. The highest BCUT2D eigenvalue weighted by Gasteiger charge is 2.38. The predicted molar refractivity (Wildman–Crippen MR) is 105 cm³/mol. The molecule has 2 fully saturated rings. The van der Waals surface area contributed by atoms with Gasteiger partial charge in [-0.05, 0) is 50.7 Å². The van der Waals surface area contributed by atoms with Crippen LogP contribution in [-0.4, -0.2) is 56.8 Å². The van der Waals surface area contributed by atoms with E-state index in [1.54, 1.807) is 4.68 Å². The third-order valence-electron chi connectivity index (χ3n) is 5.63. The predicted octanol–water partition coefficient (Wildman–Crippen LogP) is 2.24. The minimum Gasteiger partial charge on any atom is -0.480 e. The van der Waals surface area contributed by atoms with Crippen molar-refractivity contribution < 1.29 is 14.7 Å². The lowest BCUT2D eigenvalue weighted by molar-refractivity contribution is -0.139. The number of nitrogens with zero attached hydrogens (tertiary/aromatic N) is 3. The number of carbonyl (C=O) groups excluding carboxylic acids is 1. The van der Waals surface area contributed by atoms with Crippen LogP contribution in [-0.2, 0) is 4.79 Å². The lowest BCUT2D eigenvalue weighted by atomic mass is 9.85. The zero-order chi connectivity index (χ0) is 19.7. The summed E-state index contributed by atoms with van der Waals surface area (Å²) < 4.78 is 1.72. The van der Waals surface area contributed by atoms with Gasteiger partial charge in [0.05, 0.1) is 12.2 Å². The number of hydrogen-bond acceptors (Lipinski definition) is 4. The van der Waals surface area contributed by atoms with E-state index in [1.807, 2.05) is 43.5 Å². The average molecular weight is 382 g/mol. The molecule has 0 atom stereocenters. The molecule has 0 bridgehead atoms. The molecule has 7 nitrogen and oxygen atoms in total. The summed E-state index contributed by atoms with van der Waals surface area (Å²) in [5, 5.41) is 16.7. The highest BCUT2D eigenvalue weighted by molar-refractivity contribution is 5.93. The van der Waals surface area contributed by atoms with Crippen molar-refractivity contribution in [3.05, 3.63) is 47.8 Å². The molecule has 0 radical (unpaired) electrons. The van der Waals surface area contributed by atoms with Crippen molar-refractivity contribution in [2.75, 3.05) is 13.1 Å². The quantitative estimate of drug-likeness (QED) is 0.731. The Morgan fingerprint density at radius 2 is 1.96 bits per heavy atom. The number of aromatic nitrogens is 2. The number of carbonyl (C=O) groups is 2. The van der Waals surface area contributed by atoms with Gasteiger partial charge in [0.25, 0.3) is 5.91 Å². The standard InChI is InChI=1S/C21H26N4O3/c1-14-11-25(17-5-3-2-4-6-17)23-20(14)21(28)22-16-9-18(10-16)24(13-19(26)27)12-15-7-8-15/h2-6,11,15-16,18H,7-10,12-13H2,1H3,(H,22,28)(H,26,27). The van der Waals surface area contributed by atoms with E-state index in [-0.39, 0.29) is 24.5 Å². The van der Waals surface area contributed by atoms with Crippen LogP contribution in [0.4, 0.5) is 0 Å². The van der Waals surface area contributed by atoms with Crippen LogP contribution in [0.1, 0.15) is 41.7 Å². The van der Waals surface area contributed by atoms with E-state index in [0.717, 1.165) is 30.6 Å². The van der Waals surface area contributed by atoms with Gasteiger partial charge < -0.3 is 10.4 Å². The van der Waals surface area contributed by atoms with Gasteiger partial charge in [-0.3, -0.25) is 14.5 Å². The van der Waals surface area contributed by atoms with Crippen LogP contribution in [0, 0.1) is 12.8 Å². The number of hydrogen-bond donors (Lipinski definition) is 2. The summed E-state index contributed by atoms with van der Waals surface area (Å²) in [6.07, 6.45) is 5.85. The summed E-state index contributed by atoms with van der Waals surface area (Å²) in [7, 11) is 0. The second kappa shape index (κ2) is 7.75.